The second-order valence-electron chi connectivity index (χ2n) is 10.8. The van der Waals surface area contributed by atoms with Gasteiger partial charge in [0, 0.05) is 36.5 Å². The average molecular weight is 633 g/mol. The summed E-state index contributed by atoms with van der Waals surface area (Å²) in [6, 6.07) is 21.7. The molecule has 1 N–H and O–H groups in total. The number of aliphatic hydroxyl groups excluding tert-OH is 1. The van der Waals surface area contributed by atoms with Gasteiger partial charge in [-0.25, -0.2) is 0 Å². The first-order chi connectivity index (χ1) is 15.6. The zero-order chi connectivity index (χ0) is 23.8. The largest absolute Gasteiger partial charge is 0.511 e. The number of fused-ring (bicyclic) bond motifs is 2. The molecule has 1 atom stereocenters. The molecule has 3 nitrogen and oxygen atoms in total. The summed E-state index contributed by atoms with van der Waals surface area (Å²) in [5.41, 5.74) is 4.51. The van der Waals surface area contributed by atoms with Crippen LogP contribution in [0.5, 0.6) is 0 Å². The van der Waals surface area contributed by atoms with Gasteiger partial charge in [0.25, 0.3) is 0 Å². The molecule has 2 aliphatic carbocycles. The van der Waals surface area contributed by atoms with Crippen LogP contribution in [-0.4, -0.2) is 15.9 Å². The average Bonchev–Trinajstić information content (AvgIpc) is 2.79. The number of ketones is 1. The molecule has 0 spiro atoms. The van der Waals surface area contributed by atoms with E-state index in [1.807, 2.05) is 58.0 Å². The molecule has 1 heterocycles. The first-order valence-electron chi connectivity index (χ1n) is 11.9. The minimum atomic E-state index is -0.284. The maximum absolute atomic E-state index is 12.4. The molecule has 2 aliphatic rings. The van der Waals surface area contributed by atoms with Crippen molar-refractivity contribution in [2.45, 2.75) is 60.3 Å². The topological polar surface area (TPSA) is 50.2 Å². The van der Waals surface area contributed by atoms with Gasteiger partial charge >= 0.3 is 0 Å². The minimum Gasteiger partial charge on any atom is -0.511 e. The number of benzene rings is 2. The maximum Gasteiger partial charge on any atom is 0.168 e. The van der Waals surface area contributed by atoms with Gasteiger partial charge in [0.2, 0.25) is 0 Å². The Hall–Kier alpha value is -2.29. The number of aryl methyl sites for hydroxylation is 1. The monoisotopic (exact) mass is 633 g/mol. The molecule has 3 aromatic rings. The van der Waals surface area contributed by atoms with Gasteiger partial charge in [0.05, 0.1) is 5.52 Å². The third-order valence-electron chi connectivity index (χ3n) is 7.24. The van der Waals surface area contributed by atoms with Crippen LogP contribution in [0.1, 0.15) is 58.9 Å². The summed E-state index contributed by atoms with van der Waals surface area (Å²) in [4.78, 5) is 17.0. The number of hydrogen-bond acceptors (Lipinski definition) is 3. The summed E-state index contributed by atoms with van der Waals surface area (Å²) >= 11 is 0. The van der Waals surface area contributed by atoms with E-state index >= 15 is 0 Å². The predicted octanol–water partition coefficient (Wildman–Crippen LogP) is 7.63. The fourth-order valence-corrected chi connectivity index (χ4v) is 4.83. The van der Waals surface area contributed by atoms with Gasteiger partial charge in [-0.1, -0.05) is 65.0 Å². The van der Waals surface area contributed by atoms with Gasteiger partial charge in [0.1, 0.15) is 5.76 Å². The van der Waals surface area contributed by atoms with E-state index in [0.717, 1.165) is 48.0 Å². The Kier molecular flexibility index (Phi) is 7.85. The van der Waals surface area contributed by atoms with Crippen LogP contribution in [0.25, 0.3) is 22.2 Å². The number of allylic oxidation sites excluding steroid dienone is 2. The van der Waals surface area contributed by atoms with Crippen molar-refractivity contribution in [3.8, 4) is 11.3 Å². The van der Waals surface area contributed by atoms with Gasteiger partial charge in [-0.05, 0) is 48.7 Å². The number of carbonyl (C=O) groups is 1. The Balaban J connectivity index is 0.000000186. The van der Waals surface area contributed by atoms with E-state index in [-0.39, 0.29) is 36.7 Å². The Bertz CT molecular complexity index is 1210. The Labute approximate surface area is 217 Å². The van der Waals surface area contributed by atoms with Crippen molar-refractivity contribution >= 4 is 16.7 Å². The number of para-hydroxylation sites is 1. The molecular weight excluding hydrogens is 599 g/mol. The van der Waals surface area contributed by atoms with Crippen molar-refractivity contribution in [1.29, 1.82) is 0 Å². The molecule has 1 fully saturated rings. The first kappa shape index (κ1) is 26.3. The summed E-state index contributed by atoms with van der Waals surface area (Å²) < 4.78 is 0. The van der Waals surface area contributed by atoms with E-state index in [1.165, 1.54) is 10.9 Å². The number of aromatic nitrogens is 1. The normalized spacial score (nSPS) is 20.6. The SMILES string of the molecule is CC1(C)CCC2CCC(C)(C)C(O)=C2C1=O.Cc1c[c-]c(-c2ccc3ccccc3n2)cc1.[Ir]. The van der Waals surface area contributed by atoms with Crippen molar-refractivity contribution in [1.82, 2.24) is 4.98 Å². The van der Waals surface area contributed by atoms with E-state index in [9.17, 15) is 9.90 Å². The number of hydrogen-bond donors (Lipinski definition) is 1. The molecule has 5 rings (SSSR count). The zero-order valence-corrected chi connectivity index (χ0v) is 23.1. The zero-order valence-electron chi connectivity index (χ0n) is 20.7. The van der Waals surface area contributed by atoms with Crippen LogP contribution in [0.15, 0.2) is 65.9 Å². The van der Waals surface area contributed by atoms with Crippen LogP contribution in [0.2, 0.25) is 0 Å². The Morgan fingerprint density at radius 3 is 2.29 bits per heavy atom. The van der Waals surface area contributed by atoms with Gasteiger partial charge in [0.15, 0.2) is 5.78 Å². The summed E-state index contributed by atoms with van der Waals surface area (Å²) in [5, 5.41) is 11.5. The van der Waals surface area contributed by atoms with E-state index in [2.05, 4.69) is 42.2 Å². The molecule has 0 bridgehead atoms. The van der Waals surface area contributed by atoms with Crippen LogP contribution in [0, 0.1) is 29.7 Å². The van der Waals surface area contributed by atoms with Crippen molar-refractivity contribution in [3.05, 3.63) is 77.6 Å². The van der Waals surface area contributed by atoms with Gasteiger partial charge in [-0.15, -0.1) is 35.4 Å². The fraction of sp³-hybridized carbons (Fsp3) is 0.400. The van der Waals surface area contributed by atoms with Gasteiger partial charge in [-0.2, -0.15) is 0 Å². The second-order valence-corrected chi connectivity index (χ2v) is 10.8. The quantitative estimate of drug-likeness (QED) is 0.281. The fourth-order valence-electron chi connectivity index (χ4n) is 4.83. The molecule has 1 unspecified atom stereocenters. The van der Waals surface area contributed by atoms with Crippen LogP contribution in [0.3, 0.4) is 0 Å². The maximum atomic E-state index is 12.4. The molecular formula is C30H34IrNO2-. The minimum absolute atomic E-state index is 0. The number of rotatable bonds is 1. The smallest absolute Gasteiger partial charge is 0.168 e. The Morgan fingerprint density at radius 1 is 0.941 bits per heavy atom. The van der Waals surface area contributed by atoms with Crippen LogP contribution >= 0.6 is 0 Å². The standard InChI is InChI=1S/C16H12N.C14H22O2.Ir/c1-12-6-8-14(9-7-12)16-11-10-13-4-2-3-5-15(13)17-16;1-13(2)7-5-9-6-8-14(3,4)12(16)10(9)11(13)15;/h2-8,10-11H,1H3;9,15H,5-8H2,1-4H3;/q-1;;. The number of aliphatic hydroxyl groups is 1. The van der Waals surface area contributed by atoms with E-state index in [0.29, 0.717) is 11.7 Å². The molecule has 34 heavy (non-hydrogen) atoms. The molecule has 1 radical (unpaired) electrons. The summed E-state index contributed by atoms with van der Waals surface area (Å²) in [6.45, 7) is 10.1. The van der Waals surface area contributed by atoms with Crippen LogP contribution < -0.4 is 0 Å². The van der Waals surface area contributed by atoms with Crippen LogP contribution in [-0.2, 0) is 24.9 Å². The molecule has 0 saturated heterocycles. The third kappa shape index (κ3) is 5.34. The number of carbonyl (C=O) groups excluding carboxylic acids is 1. The number of nitrogens with zero attached hydrogens (tertiary/aromatic N) is 1. The van der Waals surface area contributed by atoms with Gasteiger partial charge < -0.3 is 5.11 Å². The molecule has 0 aliphatic heterocycles. The van der Waals surface area contributed by atoms with E-state index in [1.54, 1.807) is 0 Å². The molecule has 4 heteroatoms. The van der Waals surface area contributed by atoms with Crippen molar-refractivity contribution in [2.24, 2.45) is 16.7 Å². The molecule has 2 aromatic carbocycles. The van der Waals surface area contributed by atoms with E-state index < -0.39 is 0 Å². The molecule has 1 saturated carbocycles. The summed E-state index contributed by atoms with van der Waals surface area (Å²) in [5.74, 6) is 0.851. The third-order valence-corrected chi connectivity index (χ3v) is 7.24. The number of Topliss-reactive ketones (excluding diaryl/α,β-unsaturated/α-hetero) is 1. The van der Waals surface area contributed by atoms with Crippen molar-refractivity contribution in [3.63, 3.8) is 0 Å². The Morgan fingerprint density at radius 2 is 1.62 bits per heavy atom. The van der Waals surface area contributed by atoms with Gasteiger partial charge in [-0.3, -0.25) is 9.78 Å². The van der Waals surface area contributed by atoms with Crippen molar-refractivity contribution < 1.29 is 30.0 Å². The van der Waals surface area contributed by atoms with E-state index in [4.69, 9.17) is 0 Å². The predicted molar refractivity (Wildman–Crippen MR) is 135 cm³/mol. The van der Waals surface area contributed by atoms with Crippen molar-refractivity contribution in [2.75, 3.05) is 0 Å². The molecule has 1 aromatic heterocycles. The summed E-state index contributed by atoms with van der Waals surface area (Å²) in [6.07, 6.45) is 4.04. The number of pyridine rings is 1. The van der Waals surface area contributed by atoms with Crippen LogP contribution in [0.4, 0.5) is 0 Å². The summed E-state index contributed by atoms with van der Waals surface area (Å²) in [7, 11) is 0. The second kappa shape index (κ2) is 10.1. The first-order valence-corrected chi connectivity index (χ1v) is 11.9. The molecule has 181 valence electrons. The molecule has 0 amide bonds.